The summed E-state index contributed by atoms with van der Waals surface area (Å²) in [5.41, 5.74) is -0.0355. The van der Waals surface area contributed by atoms with Crippen LogP contribution in [-0.4, -0.2) is 19.8 Å². The molecule has 0 bridgehead atoms. The van der Waals surface area contributed by atoms with Crippen LogP contribution in [0.1, 0.15) is 5.56 Å². The minimum absolute atomic E-state index is 0. The highest BCUT2D eigenvalue weighted by Gasteiger charge is 2.21. The van der Waals surface area contributed by atoms with E-state index in [1.54, 1.807) is 12.1 Å². The molecule has 0 spiro atoms. The number of para-hydroxylation sites is 1. The van der Waals surface area contributed by atoms with E-state index in [-0.39, 0.29) is 34.5 Å². The van der Waals surface area contributed by atoms with E-state index in [1.807, 2.05) is 0 Å². The topological polar surface area (TPSA) is 135 Å². The quantitative estimate of drug-likeness (QED) is 0.297. The molecule has 138 valence electrons. The Kier molecular flexibility index (Phi) is 6.10. The van der Waals surface area contributed by atoms with Gasteiger partial charge < -0.3 is 25.1 Å². The third-order valence-corrected chi connectivity index (χ3v) is 4.80. The van der Waals surface area contributed by atoms with Crippen molar-refractivity contribution in [1.29, 1.82) is 0 Å². The van der Waals surface area contributed by atoms with Crippen LogP contribution in [0.3, 0.4) is 0 Å². The first-order chi connectivity index (χ1) is 11.8. The molecule has 1 heterocycles. The van der Waals surface area contributed by atoms with E-state index >= 15 is 0 Å². The number of fused-ring (bicyclic) bond motifs is 1. The van der Waals surface area contributed by atoms with Crippen molar-refractivity contribution in [2.24, 2.45) is 0 Å². The molecule has 8 nitrogen and oxygen atoms in total. The third-order valence-electron chi connectivity index (χ3n) is 3.56. The number of benzene rings is 2. The molecule has 0 radical (unpaired) electrons. The van der Waals surface area contributed by atoms with Gasteiger partial charge >= 0.3 is 18.7 Å². The molecule has 11 heteroatoms. The minimum Gasteiger partial charge on any atom is -0.380 e. The Labute approximate surface area is 162 Å². The molecule has 0 aliphatic rings. The molecule has 5 N–H and O–H groups in total. The lowest BCUT2D eigenvalue weighted by Crippen LogP contribution is -2.29. The Bertz CT molecular complexity index is 1120. The van der Waals surface area contributed by atoms with Crippen LogP contribution in [-0.2, 0) is 11.1 Å². The van der Waals surface area contributed by atoms with Gasteiger partial charge in [-0.15, -0.1) is 17.0 Å². The zero-order valence-corrected chi connectivity index (χ0v) is 16.4. The molecule has 3 aromatic rings. The van der Waals surface area contributed by atoms with Gasteiger partial charge in [0.25, 0.3) is 0 Å². The maximum absolute atomic E-state index is 11.6. The van der Waals surface area contributed by atoms with Gasteiger partial charge in [-0.05, 0) is 29.8 Å². The second kappa shape index (κ2) is 7.77. The molecular formula is C15H14BrClN3O5P. The van der Waals surface area contributed by atoms with E-state index < -0.39 is 18.7 Å². The Balaban J connectivity index is 0.00000243. The van der Waals surface area contributed by atoms with Gasteiger partial charge in [0.1, 0.15) is 0 Å². The molecule has 0 saturated heterocycles. The molecule has 0 aliphatic heterocycles. The van der Waals surface area contributed by atoms with Gasteiger partial charge in [0.15, 0.2) is 0 Å². The summed E-state index contributed by atoms with van der Waals surface area (Å²) in [6.45, 7) is 0.121. The maximum atomic E-state index is 11.6. The van der Waals surface area contributed by atoms with Crippen molar-refractivity contribution < 1.29 is 14.4 Å². The zero-order chi connectivity index (χ0) is 18.2. The van der Waals surface area contributed by atoms with Crippen molar-refractivity contribution >= 4 is 58.2 Å². The fourth-order valence-corrected chi connectivity index (χ4v) is 3.45. The highest BCUT2D eigenvalue weighted by Crippen LogP contribution is 2.36. The Morgan fingerprint density at radius 3 is 2.42 bits per heavy atom. The predicted octanol–water partition coefficient (Wildman–Crippen LogP) is 1.86. The molecule has 26 heavy (non-hydrogen) atoms. The Morgan fingerprint density at radius 1 is 1.08 bits per heavy atom. The number of H-pyrrole nitrogens is 2. The van der Waals surface area contributed by atoms with Gasteiger partial charge in [-0.3, -0.25) is 14.2 Å². The van der Waals surface area contributed by atoms with Gasteiger partial charge in [-0.2, -0.15) is 0 Å². The van der Waals surface area contributed by atoms with Crippen molar-refractivity contribution in [3.05, 3.63) is 67.7 Å². The number of aromatic amines is 2. The standard InChI is InChI=1S/C15H13ClN3O5P.BrH/c16-9-5-8(13-11(6-9)18-14(20)15(21)19-13)7-17-10-3-1-2-4-12(10)25(22,23)24;/h1-6,17H,7H2,(H,18,20)(H,19,21)(H2,22,23,24);1H. The number of hydrogen-bond donors (Lipinski definition) is 5. The highest BCUT2D eigenvalue weighted by molar-refractivity contribution is 8.93. The van der Waals surface area contributed by atoms with Crippen LogP contribution in [0.25, 0.3) is 11.0 Å². The van der Waals surface area contributed by atoms with Crippen LogP contribution in [0.4, 0.5) is 5.69 Å². The van der Waals surface area contributed by atoms with Crippen molar-refractivity contribution in [2.45, 2.75) is 6.54 Å². The maximum Gasteiger partial charge on any atom is 0.358 e. The number of anilines is 1. The first kappa shape index (κ1) is 20.4. The first-order valence-corrected chi connectivity index (χ1v) is 9.08. The summed E-state index contributed by atoms with van der Waals surface area (Å²) >= 11 is 6.04. The van der Waals surface area contributed by atoms with Crippen LogP contribution in [0.2, 0.25) is 5.02 Å². The van der Waals surface area contributed by atoms with Gasteiger partial charge in [0.2, 0.25) is 0 Å². The molecule has 0 atom stereocenters. The first-order valence-electron chi connectivity index (χ1n) is 7.09. The highest BCUT2D eigenvalue weighted by atomic mass is 79.9. The smallest absolute Gasteiger partial charge is 0.358 e. The van der Waals surface area contributed by atoms with E-state index in [1.165, 1.54) is 24.3 Å². The summed E-state index contributed by atoms with van der Waals surface area (Å²) in [5, 5.41) is 3.13. The number of halogens is 2. The monoisotopic (exact) mass is 461 g/mol. The third kappa shape index (κ3) is 4.25. The van der Waals surface area contributed by atoms with E-state index in [0.717, 1.165) is 0 Å². The second-order valence-corrected chi connectivity index (χ2v) is 7.32. The fourth-order valence-electron chi connectivity index (χ4n) is 2.47. The lowest BCUT2D eigenvalue weighted by atomic mass is 10.1. The van der Waals surface area contributed by atoms with Crippen LogP contribution in [0.15, 0.2) is 46.0 Å². The zero-order valence-electron chi connectivity index (χ0n) is 13.0. The van der Waals surface area contributed by atoms with Gasteiger partial charge in [-0.25, -0.2) is 0 Å². The van der Waals surface area contributed by atoms with Crippen LogP contribution < -0.4 is 21.7 Å². The van der Waals surface area contributed by atoms with Crippen molar-refractivity contribution in [1.82, 2.24) is 9.97 Å². The van der Waals surface area contributed by atoms with E-state index in [2.05, 4.69) is 15.3 Å². The largest absolute Gasteiger partial charge is 0.380 e. The number of hydrogen-bond acceptors (Lipinski definition) is 4. The molecule has 3 rings (SSSR count). The number of aromatic nitrogens is 2. The lowest BCUT2D eigenvalue weighted by molar-refractivity contribution is 0.387. The Hall–Kier alpha value is -1.90. The summed E-state index contributed by atoms with van der Waals surface area (Å²) in [6.07, 6.45) is 0. The molecular weight excluding hydrogens is 449 g/mol. The second-order valence-electron chi connectivity index (χ2n) is 5.31. The summed E-state index contributed by atoms with van der Waals surface area (Å²) in [4.78, 5) is 46.8. The van der Waals surface area contributed by atoms with Gasteiger partial charge in [-0.1, -0.05) is 23.7 Å². The molecule has 0 amide bonds. The van der Waals surface area contributed by atoms with Crippen molar-refractivity contribution in [3.63, 3.8) is 0 Å². The molecule has 0 unspecified atom stereocenters. The van der Waals surface area contributed by atoms with Gasteiger partial charge in [0, 0.05) is 17.3 Å². The molecule has 0 aliphatic carbocycles. The van der Waals surface area contributed by atoms with Crippen molar-refractivity contribution in [3.8, 4) is 0 Å². The predicted molar refractivity (Wildman–Crippen MR) is 106 cm³/mol. The molecule has 0 saturated carbocycles. The van der Waals surface area contributed by atoms with Crippen molar-refractivity contribution in [2.75, 3.05) is 5.32 Å². The van der Waals surface area contributed by atoms with Crippen LogP contribution in [0.5, 0.6) is 0 Å². The minimum atomic E-state index is -4.44. The number of rotatable bonds is 4. The van der Waals surface area contributed by atoms with Crippen LogP contribution in [0, 0.1) is 0 Å². The summed E-state index contributed by atoms with van der Waals surface area (Å²) < 4.78 is 11.6. The van der Waals surface area contributed by atoms with Gasteiger partial charge in [0.05, 0.1) is 16.3 Å². The normalized spacial score (nSPS) is 11.2. The van der Waals surface area contributed by atoms with E-state index in [9.17, 15) is 23.9 Å². The fraction of sp³-hybridized carbons (Fsp3) is 0.0667. The van der Waals surface area contributed by atoms with E-state index in [4.69, 9.17) is 11.6 Å². The summed E-state index contributed by atoms with van der Waals surface area (Å²) in [5.74, 6) is 0. The molecule has 1 aromatic heterocycles. The summed E-state index contributed by atoms with van der Waals surface area (Å²) in [7, 11) is -4.44. The lowest BCUT2D eigenvalue weighted by Gasteiger charge is -2.14. The van der Waals surface area contributed by atoms with E-state index in [0.29, 0.717) is 21.6 Å². The summed E-state index contributed by atoms with van der Waals surface area (Å²) in [6, 6.07) is 9.12. The number of nitrogens with one attached hydrogen (secondary N) is 3. The average Bonchev–Trinajstić information content (AvgIpc) is 2.53. The Morgan fingerprint density at radius 2 is 1.73 bits per heavy atom. The average molecular weight is 463 g/mol. The molecule has 2 aromatic carbocycles. The van der Waals surface area contributed by atoms with Crippen LogP contribution >= 0.6 is 36.2 Å². The SMILES string of the molecule is Br.O=c1[nH]c2cc(Cl)cc(CNc3ccccc3P(=O)(O)O)c2[nH]c1=O. The molecule has 0 fully saturated rings.